The van der Waals surface area contributed by atoms with E-state index < -0.39 is 0 Å². The molecule has 2 N–H and O–H groups in total. The molecule has 0 radical (unpaired) electrons. The van der Waals surface area contributed by atoms with E-state index in [1.807, 2.05) is 0 Å². The third-order valence-corrected chi connectivity index (χ3v) is 7.37. The molecule has 6 heteroatoms. The van der Waals surface area contributed by atoms with Gasteiger partial charge >= 0.3 is 0 Å². The summed E-state index contributed by atoms with van der Waals surface area (Å²) in [5.74, 6) is 0. The van der Waals surface area contributed by atoms with Crippen LogP contribution in [0.15, 0.2) is 48.5 Å². The Labute approximate surface area is 182 Å². The Morgan fingerprint density at radius 3 is 2.67 bits per heavy atom. The number of anilines is 1. The Hall–Kier alpha value is -1.99. The summed E-state index contributed by atoms with van der Waals surface area (Å²) in [6.07, 6.45) is 3.32. The van der Waals surface area contributed by atoms with Crippen molar-refractivity contribution in [2.45, 2.75) is 37.5 Å². The average molecular weight is 423 g/mol. The van der Waals surface area contributed by atoms with Crippen LogP contribution in [-0.4, -0.2) is 55.3 Å². The molecule has 2 unspecified atom stereocenters. The normalized spacial score (nSPS) is 22.1. The molecule has 2 aliphatic heterocycles. The van der Waals surface area contributed by atoms with Crippen molar-refractivity contribution in [3.63, 3.8) is 0 Å². The van der Waals surface area contributed by atoms with Crippen LogP contribution in [0.3, 0.4) is 0 Å². The summed E-state index contributed by atoms with van der Waals surface area (Å²) < 4.78 is 7.97. The van der Waals surface area contributed by atoms with Gasteiger partial charge in [0.05, 0.1) is 16.3 Å². The van der Waals surface area contributed by atoms with Crippen LogP contribution in [0.1, 0.15) is 35.9 Å². The highest BCUT2D eigenvalue weighted by atomic mass is 32.1. The zero-order valence-electron chi connectivity index (χ0n) is 17.5. The maximum Gasteiger partial charge on any atom is 0.134 e. The molecule has 0 bridgehead atoms. The van der Waals surface area contributed by atoms with Gasteiger partial charge in [-0.2, -0.15) is 0 Å². The lowest BCUT2D eigenvalue weighted by molar-refractivity contribution is -0.0234. The van der Waals surface area contributed by atoms with Crippen LogP contribution in [0.5, 0.6) is 0 Å². The fourth-order valence-corrected chi connectivity index (χ4v) is 5.53. The molecular formula is C24H30N4OS. The molecule has 2 fully saturated rings. The lowest BCUT2D eigenvalue weighted by atomic mass is 10.1. The van der Waals surface area contributed by atoms with E-state index in [1.165, 1.54) is 16.0 Å². The summed E-state index contributed by atoms with van der Waals surface area (Å²) >= 11 is 1.75. The van der Waals surface area contributed by atoms with Crippen molar-refractivity contribution >= 4 is 27.2 Å². The summed E-state index contributed by atoms with van der Waals surface area (Å²) in [4.78, 5) is 9.73. The maximum absolute atomic E-state index is 6.76. The first kappa shape index (κ1) is 19.9. The highest BCUT2D eigenvalue weighted by Crippen LogP contribution is 2.36. The first-order valence-electron chi connectivity index (χ1n) is 11.0. The topological polar surface area (TPSA) is 54.6 Å². The van der Waals surface area contributed by atoms with Gasteiger partial charge in [0, 0.05) is 37.9 Å². The number of nitrogens with two attached hydrogens (primary N) is 1. The summed E-state index contributed by atoms with van der Waals surface area (Å²) in [7, 11) is 2.19. The second-order valence-corrected chi connectivity index (χ2v) is 9.69. The van der Waals surface area contributed by atoms with Gasteiger partial charge in [0.1, 0.15) is 11.1 Å². The molecule has 3 aromatic rings. The number of likely N-dealkylation sites (tertiary alicyclic amines) is 1. The van der Waals surface area contributed by atoms with Crippen molar-refractivity contribution in [1.82, 2.24) is 9.88 Å². The van der Waals surface area contributed by atoms with Crippen molar-refractivity contribution in [1.29, 1.82) is 0 Å². The van der Waals surface area contributed by atoms with E-state index in [4.69, 9.17) is 15.5 Å². The van der Waals surface area contributed by atoms with Gasteiger partial charge in [-0.05, 0) is 56.1 Å². The van der Waals surface area contributed by atoms with Crippen LogP contribution >= 0.6 is 11.3 Å². The first-order chi connectivity index (χ1) is 14.7. The zero-order valence-corrected chi connectivity index (χ0v) is 18.4. The zero-order chi connectivity index (χ0) is 20.5. The minimum atomic E-state index is -0.132. The monoisotopic (exact) mass is 422 g/mol. The van der Waals surface area contributed by atoms with E-state index in [0.29, 0.717) is 0 Å². The minimum Gasteiger partial charge on any atom is -0.370 e. The van der Waals surface area contributed by atoms with Crippen LogP contribution in [0.25, 0.3) is 10.2 Å². The van der Waals surface area contributed by atoms with Gasteiger partial charge in [-0.25, -0.2) is 4.98 Å². The van der Waals surface area contributed by atoms with Gasteiger partial charge in [0.25, 0.3) is 0 Å². The average Bonchev–Trinajstić information content (AvgIpc) is 3.39. The Morgan fingerprint density at radius 2 is 1.90 bits per heavy atom. The highest BCUT2D eigenvalue weighted by Gasteiger charge is 2.27. The summed E-state index contributed by atoms with van der Waals surface area (Å²) in [6, 6.07) is 17.4. The van der Waals surface area contributed by atoms with E-state index >= 15 is 0 Å². The summed E-state index contributed by atoms with van der Waals surface area (Å²) in [5.41, 5.74) is 9.62. The van der Waals surface area contributed by atoms with E-state index in [2.05, 4.69) is 65.4 Å². The van der Waals surface area contributed by atoms with Crippen LogP contribution < -0.4 is 10.6 Å². The second kappa shape index (κ2) is 8.63. The Bertz CT molecular complexity index is 965. The standard InChI is InChI=1S/C24H30N4OS/c1-27-12-10-20(11-13-27)29-23(24-26-21-7-2-3-8-22(21)30-24)17-5-4-6-19(15-17)28-14-9-18(25)16-28/h2-8,15,18,20,23H,9-14,16,25H2,1H3. The molecule has 2 atom stereocenters. The molecule has 158 valence electrons. The van der Waals surface area contributed by atoms with E-state index in [-0.39, 0.29) is 18.2 Å². The Balaban J connectivity index is 1.47. The molecule has 5 rings (SSSR count). The number of fused-ring (bicyclic) bond motifs is 1. The van der Waals surface area contributed by atoms with Crippen molar-refractivity contribution in [3.05, 3.63) is 59.1 Å². The highest BCUT2D eigenvalue weighted by molar-refractivity contribution is 7.18. The number of para-hydroxylation sites is 1. The molecule has 2 aromatic carbocycles. The molecule has 2 saturated heterocycles. The number of ether oxygens (including phenoxy) is 1. The third-order valence-electron chi connectivity index (χ3n) is 6.29. The molecule has 1 aromatic heterocycles. The third kappa shape index (κ3) is 4.23. The predicted molar refractivity (Wildman–Crippen MR) is 124 cm³/mol. The van der Waals surface area contributed by atoms with Crippen molar-refractivity contribution < 1.29 is 4.74 Å². The number of hydrogen-bond donors (Lipinski definition) is 1. The molecule has 0 aliphatic carbocycles. The molecular weight excluding hydrogens is 392 g/mol. The molecule has 0 spiro atoms. The molecule has 0 saturated carbocycles. The summed E-state index contributed by atoms with van der Waals surface area (Å²) in [6.45, 7) is 4.11. The fraction of sp³-hybridized carbons (Fsp3) is 0.458. The van der Waals surface area contributed by atoms with E-state index in [0.717, 1.165) is 56.0 Å². The number of hydrogen-bond acceptors (Lipinski definition) is 6. The molecule has 3 heterocycles. The summed E-state index contributed by atoms with van der Waals surface area (Å²) in [5, 5.41) is 1.05. The van der Waals surface area contributed by atoms with Crippen LogP contribution in [-0.2, 0) is 4.74 Å². The van der Waals surface area contributed by atoms with Crippen molar-refractivity contribution in [2.24, 2.45) is 5.73 Å². The predicted octanol–water partition coefficient (Wildman–Crippen LogP) is 4.03. The minimum absolute atomic E-state index is 0.132. The molecule has 2 aliphatic rings. The van der Waals surface area contributed by atoms with Crippen molar-refractivity contribution in [3.8, 4) is 0 Å². The number of aromatic nitrogens is 1. The van der Waals surface area contributed by atoms with Crippen molar-refractivity contribution in [2.75, 3.05) is 38.1 Å². The van der Waals surface area contributed by atoms with Gasteiger partial charge in [0.15, 0.2) is 0 Å². The Kier molecular flexibility index (Phi) is 5.74. The second-order valence-electron chi connectivity index (χ2n) is 8.63. The Morgan fingerprint density at radius 1 is 1.07 bits per heavy atom. The SMILES string of the molecule is CN1CCC(OC(c2cccc(N3CCC(N)C3)c2)c2nc3ccccc3s2)CC1. The van der Waals surface area contributed by atoms with Gasteiger partial charge < -0.3 is 20.3 Å². The van der Waals surface area contributed by atoms with E-state index in [1.54, 1.807) is 11.3 Å². The lowest BCUT2D eigenvalue weighted by Gasteiger charge is -2.31. The van der Waals surface area contributed by atoms with Crippen LogP contribution in [0.2, 0.25) is 0 Å². The van der Waals surface area contributed by atoms with Crippen LogP contribution in [0, 0.1) is 0 Å². The van der Waals surface area contributed by atoms with Crippen LogP contribution in [0.4, 0.5) is 5.69 Å². The number of rotatable bonds is 5. The maximum atomic E-state index is 6.76. The molecule has 0 amide bonds. The molecule has 5 nitrogen and oxygen atoms in total. The largest absolute Gasteiger partial charge is 0.370 e. The quantitative estimate of drug-likeness (QED) is 0.673. The number of benzene rings is 2. The fourth-order valence-electron chi connectivity index (χ4n) is 4.50. The number of piperidine rings is 1. The van der Waals surface area contributed by atoms with Gasteiger partial charge in [0.2, 0.25) is 0 Å². The first-order valence-corrected chi connectivity index (χ1v) is 11.8. The smallest absolute Gasteiger partial charge is 0.134 e. The number of nitrogens with zero attached hydrogens (tertiary/aromatic N) is 3. The molecule has 30 heavy (non-hydrogen) atoms. The van der Waals surface area contributed by atoms with E-state index in [9.17, 15) is 0 Å². The van der Waals surface area contributed by atoms with Gasteiger partial charge in [-0.15, -0.1) is 11.3 Å². The number of thiazole rings is 1. The van der Waals surface area contributed by atoms with Gasteiger partial charge in [-0.1, -0.05) is 24.3 Å². The lowest BCUT2D eigenvalue weighted by Crippen LogP contribution is -2.35. The van der Waals surface area contributed by atoms with Gasteiger partial charge in [-0.3, -0.25) is 0 Å².